The monoisotopic (exact) mass is 366 g/mol. The van der Waals surface area contributed by atoms with E-state index in [2.05, 4.69) is 20.2 Å². The number of nitro benzene ring substituents is 1. The van der Waals surface area contributed by atoms with Crippen LogP contribution in [0, 0.1) is 10.1 Å². The van der Waals surface area contributed by atoms with Gasteiger partial charge in [-0.2, -0.15) is 5.10 Å². The van der Waals surface area contributed by atoms with Crippen molar-refractivity contribution in [2.45, 2.75) is 19.3 Å². The number of furan rings is 1. The Labute approximate surface area is 155 Å². The third-order valence-electron chi connectivity index (χ3n) is 4.51. The largest absolute Gasteiger partial charge is 0.455 e. The van der Waals surface area contributed by atoms with Crippen LogP contribution >= 0.6 is 0 Å². The van der Waals surface area contributed by atoms with Gasteiger partial charge < -0.3 is 9.32 Å². The van der Waals surface area contributed by atoms with E-state index in [-0.39, 0.29) is 10.6 Å². The first-order valence-corrected chi connectivity index (χ1v) is 8.73. The van der Waals surface area contributed by atoms with E-state index in [1.165, 1.54) is 30.0 Å². The number of aromatic nitrogens is 3. The van der Waals surface area contributed by atoms with Gasteiger partial charge in [0.05, 0.1) is 11.1 Å². The molecule has 3 heterocycles. The maximum Gasteiger partial charge on any atom is 0.293 e. The number of anilines is 1. The lowest BCUT2D eigenvalue weighted by atomic mass is 10.1. The normalized spacial score (nSPS) is 14.7. The van der Waals surface area contributed by atoms with E-state index in [1.807, 2.05) is 12.1 Å². The first-order chi connectivity index (χ1) is 13.2. The Bertz CT molecular complexity index is 957. The molecule has 2 aromatic heterocycles. The maximum absolute atomic E-state index is 11.6. The zero-order valence-corrected chi connectivity index (χ0v) is 14.6. The molecular formula is C18H18N6O3. The number of benzene rings is 1. The summed E-state index contributed by atoms with van der Waals surface area (Å²) in [6, 6.07) is 8.77. The molecule has 138 valence electrons. The highest BCUT2D eigenvalue weighted by atomic mass is 16.6. The lowest BCUT2D eigenvalue weighted by Gasteiger charge is -2.28. The van der Waals surface area contributed by atoms with Crippen molar-refractivity contribution in [3.63, 3.8) is 0 Å². The molecule has 9 heteroatoms. The first kappa shape index (κ1) is 17.0. The fourth-order valence-corrected chi connectivity index (χ4v) is 3.18. The lowest BCUT2D eigenvalue weighted by Crippen LogP contribution is -2.29. The molecule has 4 rings (SSSR count). The van der Waals surface area contributed by atoms with Crippen molar-refractivity contribution in [2.24, 2.45) is 5.10 Å². The van der Waals surface area contributed by atoms with Crippen LogP contribution < -0.4 is 4.90 Å². The zero-order chi connectivity index (χ0) is 18.6. The summed E-state index contributed by atoms with van der Waals surface area (Å²) >= 11 is 0. The van der Waals surface area contributed by atoms with Crippen molar-refractivity contribution in [1.82, 2.24) is 14.9 Å². The van der Waals surface area contributed by atoms with Gasteiger partial charge in [-0.15, -0.1) is 10.2 Å². The van der Waals surface area contributed by atoms with Crippen molar-refractivity contribution in [1.29, 1.82) is 0 Å². The van der Waals surface area contributed by atoms with E-state index in [0.29, 0.717) is 22.8 Å². The van der Waals surface area contributed by atoms with Crippen LogP contribution in [0.25, 0.3) is 11.3 Å². The van der Waals surface area contributed by atoms with Gasteiger partial charge in [-0.3, -0.25) is 10.1 Å². The average Bonchev–Trinajstić information content (AvgIpc) is 3.38. The third kappa shape index (κ3) is 3.71. The van der Waals surface area contributed by atoms with Gasteiger partial charge in [-0.1, -0.05) is 0 Å². The van der Waals surface area contributed by atoms with Crippen molar-refractivity contribution in [3.05, 3.63) is 58.9 Å². The van der Waals surface area contributed by atoms with E-state index >= 15 is 0 Å². The van der Waals surface area contributed by atoms with Gasteiger partial charge in [-0.25, -0.2) is 4.68 Å². The van der Waals surface area contributed by atoms with E-state index in [9.17, 15) is 10.1 Å². The smallest absolute Gasteiger partial charge is 0.293 e. The predicted molar refractivity (Wildman–Crippen MR) is 99.9 cm³/mol. The molecular weight excluding hydrogens is 348 g/mol. The van der Waals surface area contributed by atoms with Crippen molar-refractivity contribution < 1.29 is 9.34 Å². The van der Waals surface area contributed by atoms with Gasteiger partial charge in [0.15, 0.2) is 0 Å². The van der Waals surface area contributed by atoms with Crippen LogP contribution in [0.5, 0.6) is 0 Å². The van der Waals surface area contributed by atoms with Gasteiger partial charge in [0.25, 0.3) is 5.69 Å². The van der Waals surface area contributed by atoms with E-state index in [4.69, 9.17) is 4.42 Å². The minimum atomic E-state index is -0.329. The molecule has 1 saturated heterocycles. The molecule has 9 nitrogen and oxygen atoms in total. The Morgan fingerprint density at radius 1 is 1.11 bits per heavy atom. The van der Waals surface area contributed by atoms with Crippen LogP contribution in [0.15, 0.2) is 52.5 Å². The summed E-state index contributed by atoms with van der Waals surface area (Å²) < 4.78 is 7.19. The molecule has 0 aliphatic carbocycles. The van der Waals surface area contributed by atoms with E-state index in [0.717, 1.165) is 25.9 Å². The highest BCUT2D eigenvalue weighted by Crippen LogP contribution is 2.35. The second-order valence-electron chi connectivity index (χ2n) is 6.30. The summed E-state index contributed by atoms with van der Waals surface area (Å²) in [6.45, 7) is 1.70. The predicted octanol–water partition coefficient (Wildman–Crippen LogP) is 3.32. The quantitative estimate of drug-likeness (QED) is 0.390. The topological polar surface area (TPSA) is 103 Å². The van der Waals surface area contributed by atoms with Gasteiger partial charge in [-0.05, 0) is 43.5 Å². The van der Waals surface area contributed by atoms with Crippen molar-refractivity contribution in [2.75, 3.05) is 18.0 Å². The Hall–Kier alpha value is -3.49. The lowest BCUT2D eigenvalue weighted by molar-refractivity contribution is -0.384. The van der Waals surface area contributed by atoms with Gasteiger partial charge in [0, 0.05) is 24.7 Å². The minimum absolute atomic E-state index is 0.102. The summed E-state index contributed by atoms with van der Waals surface area (Å²) in [6.07, 6.45) is 7.75. The van der Waals surface area contributed by atoms with Crippen LogP contribution in [-0.2, 0) is 0 Å². The molecule has 0 radical (unpaired) electrons. The van der Waals surface area contributed by atoms with Gasteiger partial charge >= 0.3 is 0 Å². The van der Waals surface area contributed by atoms with E-state index in [1.54, 1.807) is 18.2 Å². The van der Waals surface area contributed by atoms with Crippen LogP contribution in [0.4, 0.5) is 11.4 Å². The highest BCUT2D eigenvalue weighted by molar-refractivity contribution is 5.78. The molecule has 0 atom stereocenters. The van der Waals surface area contributed by atoms with Gasteiger partial charge in [0.1, 0.15) is 29.9 Å². The Morgan fingerprint density at radius 2 is 1.89 bits per heavy atom. The van der Waals surface area contributed by atoms with Gasteiger partial charge in [0.2, 0.25) is 0 Å². The van der Waals surface area contributed by atoms with Crippen molar-refractivity contribution in [3.8, 4) is 11.3 Å². The zero-order valence-electron chi connectivity index (χ0n) is 14.6. The second kappa shape index (κ2) is 7.40. The maximum atomic E-state index is 11.6. The summed E-state index contributed by atoms with van der Waals surface area (Å²) in [7, 11) is 0. The molecule has 1 aromatic carbocycles. The summed E-state index contributed by atoms with van der Waals surface area (Å²) in [5, 5.41) is 23.0. The number of hydrogen-bond donors (Lipinski definition) is 0. The number of piperidine rings is 1. The average molecular weight is 366 g/mol. The van der Waals surface area contributed by atoms with Crippen LogP contribution in [0.3, 0.4) is 0 Å². The Kier molecular flexibility index (Phi) is 4.65. The van der Waals surface area contributed by atoms with Crippen LogP contribution in [-0.4, -0.2) is 39.1 Å². The number of rotatable bonds is 5. The molecule has 0 unspecified atom stereocenters. The Balaban J connectivity index is 1.60. The SMILES string of the molecule is O=[N+]([O-])c1cc(-c2ccc(/C=N\n3cnnc3)o2)ccc1N1CCCCC1. The molecule has 1 aliphatic rings. The fourth-order valence-electron chi connectivity index (χ4n) is 3.18. The molecule has 0 N–H and O–H groups in total. The summed E-state index contributed by atoms with van der Waals surface area (Å²) in [4.78, 5) is 13.4. The minimum Gasteiger partial charge on any atom is -0.455 e. The summed E-state index contributed by atoms with van der Waals surface area (Å²) in [5.74, 6) is 1.08. The fraction of sp³-hybridized carbons (Fsp3) is 0.278. The van der Waals surface area contributed by atoms with Crippen molar-refractivity contribution >= 4 is 17.6 Å². The molecule has 0 amide bonds. The molecule has 1 fully saturated rings. The molecule has 1 aliphatic heterocycles. The second-order valence-corrected chi connectivity index (χ2v) is 6.30. The van der Waals surface area contributed by atoms with Crippen LogP contribution in [0.1, 0.15) is 25.0 Å². The van der Waals surface area contributed by atoms with Crippen LogP contribution in [0.2, 0.25) is 0 Å². The standard InChI is InChI=1S/C18H18N6O3/c25-24(26)17-10-14(4-6-16(17)22-8-2-1-3-9-22)18-7-5-15(27-18)11-21-23-12-19-20-13-23/h4-7,10-13H,1-3,8-9H2/b21-11-. The molecule has 0 saturated carbocycles. The van der Waals surface area contributed by atoms with E-state index < -0.39 is 0 Å². The molecule has 3 aromatic rings. The first-order valence-electron chi connectivity index (χ1n) is 8.73. The third-order valence-corrected chi connectivity index (χ3v) is 4.51. The number of nitrogens with zero attached hydrogens (tertiary/aromatic N) is 6. The summed E-state index contributed by atoms with van der Waals surface area (Å²) in [5.41, 5.74) is 1.43. The Morgan fingerprint density at radius 3 is 2.63 bits per heavy atom. The molecule has 0 spiro atoms. The number of nitro groups is 1. The highest BCUT2D eigenvalue weighted by Gasteiger charge is 2.22. The number of hydrogen-bond acceptors (Lipinski definition) is 7. The molecule has 0 bridgehead atoms. The molecule has 27 heavy (non-hydrogen) atoms.